The average molecular weight is 419 g/mol. The zero-order valence-electron chi connectivity index (χ0n) is 19.2. The van der Waals surface area contributed by atoms with Crippen molar-refractivity contribution in [3.63, 3.8) is 0 Å². The highest BCUT2D eigenvalue weighted by Crippen LogP contribution is 2.67. The summed E-state index contributed by atoms with van der Waals surface area (Å²) in [6.45, 7) is 9.44. The van der Waals surface area contributed by atoms with Crippen molar-refractivity contribution < 1.29 is 24.2 Å². The van der Waals surface area contributed by atoms with Crippen LogP contribution in [0.5, 0.6) is 0 Å². The van der Waals surface area contributed by atoms with E-state index in [2.05, 4.69) is 19.9 Å². The van der Waals surface area contributed by atoms with E-state index in [1.165, 1.54) is 19.4 Å². The lowest BCUT2D eigenvalue weighted by Gasteiger charge is -2.59. The van der Waals surface area contributed by atoms with E-state index >= 15 is 0 Å². The predicted octanol–water partition coefficient (Wildman–Crippen LogP) is 4.56. The standard InChI is InChI=1S/C25H38O5/c1-15(29-16(2)26)25(28)13-10-22-20-7-6-18-14-19(30-17(3)27)8-11-23(18,4)21(20)9-12-24(22,25)5/h6,15,19-22,28H,7-14H2,1-5H3. The molecule has 0 bridgehead atoms. The van der Waals surface area contributed by atoms with Gasteiger partial charge in [0.15, 0.2) is 0 Å². The third kappa shape index (κ3) is 3.14. The van der Waals surface area contributed by atoms with Gasteiger partial charge in [0.25, 0.3) is 0 Å². The molecule has 0 aromatic carbocycles. The second kappa shape index (κ2) is 7.36. The monoisotopic (exact) mass is 418 g/mol. The third-order valence-corrected chi connectivity index (χ3v) is 9.62. The first kappa shape index (κ1) is 21.9. The molecule has 4 aliphatic rings. The van der Waals surface area contributed by atoms with Crippen molar-refractivity contribution in [2.75, 3.05) is 0 Å². The molecule has 4 rings (SSSR count). The molecule has 0 radical (unpaired) electrons. The lowest BCUT2D eigenvalue weighted by Crippen LogP contribution is -2.58. The minimum absolute atomic E-state index is 0.0217. The molecule has 3 fully saturated rings. The van der Waals surface area contributed by atoms with Crippen molar-refractivity contribution in [2.24, 2.45) is 28.6 Å². The van der Waals surface area contributed by atoms with E-state index in [0.717, 1.165) is 44.9 Å². The summed E-state index contributed by atoms with van der Waals surface area (Å²) in [6.07, 6.45) is 9.64. The van der Waals surface area contributed by atoms with E-state index in [4.69, 9.17) is 9.47 Å². The highest BCUT2D eigenvalue weighted by Gasteiger charge is 2.65. The zero-order chi connectivity index (χ0) is 21.9. The Morgan fingerprint density at radius 2 is 1.77 bits per heavy atom. The zero-order valence-corrected chi connectivity index (χ0v) is 19.2. The van der Waals surface area contributed by atoms with Crippen molar-refractivity contribution >= 4 is 11.9 Å². The van der Waals surface area contributed by atoms with Gasteiger partial charge in [-0.05, 0) is 75.0 Å². The number of ether oxygens (including phenoxy) is 2. The molecular weight excluding hydrogens is 380 g/mol. The van der Waals surface area contributed by atoms with Gasteiger partial charge >= 0.3 is 11.9 Å². The van der Waals surface area contributed by atoms with Crippen LogP contribution in [0.2, 0.25) is 0 Å². The van der Waals surface area contributed by atoms with Gasteiger partial charge in [0.2, 0.25) is 0 Å². The summed E-state index contributed by atoms with van der Waals surface area (Å²) in [5.74, 6) is 1.11. The molecule has 0 saturated heterocycles. The molecule has 3 saturated carbocycles. The van der Waals surface area contributed by atoms with Crippen LogP contribution in [0.3, 0.4) is 0 Å². The smallest absolute Gasteiger partial charge is 0.302 e. The van der Waals surface area contributed by atoms with Gasteiger partial charge in [-0.2, -0.15) is 0 Å². The van der Waals surface area contributed by atoms with Crippen LogP contribution < -0.4 is 0 Å². The molecule has 8 unspecified atom stereocenters. The fourth-order valence-corrected chi connectivity index (χ4v) is 8.03. The summed E-state index contributed by atoms with van der Waals surface area (Å²) in [4.78, 5) is 23.0. The third-order valence-electron chi connectivity index (χ3n) is 9.62. The Morgan fingerprint density at radius 3 is 2.43 bits per heavy atom. The summed E-state index contributed by atoms with van der Waals surface area (Å²) in [5.41, 5.74) is 0.473. The topological polar surface area (TPSA) is 72.8 Å². The fourth-order valence-electron chi connectivity index (χ4n) is 8.03. The quantitative estimate of drug-likeness (QED) is 0.537. The first-order valence-electron chi connectivity index (χ1n) is 11.8. The molecule has 5 nitrogen and oxygen atoms in total. The number of fused-ring (bicyclic) bond motifs is 5. The van der Waals surface area contributed by atoms with Crippen molar-refractivity contribution in [1.29, 1.82) is 0 Å². The minimum Gasteiger partial charge on any atom is -0.462 e. The van der Waals surface area contributed by atoms with E-state index in [0.29, 0.717) is 24.2 Å². The summed E-state index contributed by atoms with van der Waals surface area (Å²) < 4.78 is 11.0. The first-order valence-corrected chi connectivity index (χ1v) is 11.8. The van der Waals surface area contributed by atoms with Crippen LogP contribution in [-0.4, -0.2) is 34.9 Å². The number of allylic oxidation sites excluding steroid dienone is 1. The Bertz CT molecular complexity index is 759. The van der Waals surface area contributed by atoms with Gasteiger partial charge in [0.05, 0.1) is 0 Å². The molecule has 168 valence electrons. The number of aliphatic hydroxyl groups is 1. The van der Waals surface area contributed by atoms with Crippen LogP contribution in [0.15, 0.2) is 11.6 Å². The van der Waals surface area contributed by atoms with Crippen LogP contribution in [0, 0.1) is 28.6 Å². The van der Waals surface area contributed by atoms with Crippen molar-refractivity contribution in [2.45, 2.75) is 104 Å². The first-order chi connectivity index (χ1) is 14.0. The second-order valence-electron chi connectivity index (χ2n) is 10.9. The number of carbonyl (C=O) groups excluding carboxylic acids is 2. The second-order valence-corrected chi connectivity index (χ2v) is 10.9. The van der Waals surface area contributed by atoms with Gasteiger partial charge in [0.1, 0.15) is 17.8 Å². The minimum atomic E-state index is -0.952. The van der Waals surface area contributed by atoms with E-state index in [1.807, 2.05) is 6.92 Å². The highest BCUT2D eigenvalue weighted by molar-refractivity contribution is 5.66. The number of rotatable bonds is 3. The number of carbonyl (C=O) groups is 2. The summed E-state index contributed by atoms with van der Waals surface area (Å²) >= 11 is 0. The van der Waals surface area contributed by atoms with Crippen molar-refractivity contribution in [3.8, 4) is 0 Å². The Hall–Kier alpha value is -1.36. The van der Waals surface area contributed by atoms with Crippen molar-refractivity contribution in [3.05, 3.63) is 11.6 Å². The maximum absolute atomic E-state index is 11.7. The molecule has 30 heavy (non-hydrogen) atoms. The molecule has 4 aliphatic carbocycles. The van der Waals surface area contributed by atoms with Gasteiger partial charge in [-0.3, -0.25) is 9.59 Å². The van der Waals surface area contributed by atoms with E-state index < -0.39 is 11.7 Å². The molecule has 5 heteroatoms. The average Bonchev–Trinajstić information content (AvgIpc) is 2.93. The molecule has 0 amide bonds. The maximum atomic E-state index is 11.7. The van der Waals surface area contributed by atoms with Crippen LogP contribution in [0.4, 0.5) is 0 Å². The van der Waals surface area contributed by atoms with Gasteiger partial charge in [0, 0.05) is 25.7 Å². The Labute approximate surface area is 180 Å². The van der Waals surface area contributed by atoms with Crippen LogP contribution in [0.1, 0.15) is 86.0 Å². The van der Waals surface area contributed by atoms with Gasteiger partial charge < -0.3 is 14.6 Å². The highest BCUT2D eigenvalue weighted by atomic mass is 16.6. The normalized spacial score (nSPS) is 46.0. The number of esters is 2. The molecule has 0 aromatic rings. The molecule has 1 N–H and O–H groups in total. The lowest BCUT2D eigenvalue weighted by molar-refractivity contribution is -0.192. The van der Waals surface area contributed by atoms with Gasteiger partial charge in [-0.15, -0.1) is 0 Å². The summed E-state index contributed by atoms with van der Waals surface area (Å²) in [5, 5.41) is 11.7. The Morgan fingerprint density at radius 1 is 1.07 bits per heavy atom. The molecule has 0 aliphatic heterocycles. The molecule has 0 aromatic heterocycles. The number of hydrogen-bond acceptors (Lipinski definition) is 5. The fraction of sp³-hybridized carbons (Fsp3) is 0.840. The lowest BCUT2D eigenvalue weighted by atomic mass is 9.46. The van der Waals surface area contributed by atoms with E-state index in [-0.39, 0.29) is 28.9 Å². The summed E-state index contributed by atoms with van der Waals surface area (Å²) in [6, 6.07) is 0. The van der Waals surface area contributed by atoms with Gasteiger partial charge in [-0.1, -0.05) is 25.5 Å². The maximum Gasteiger partial charge on any atom is 0.302 e. The largest absolute Gasteiger partial charge is 0.462 e. The van der Waals surface area contributed by atoms with Gasteiger partial charge in [-0.25, -0.2) is 0 Å². The Kier molecular flexibility index (Phi) is 5.36. The van der Waals surface area contributed by atoms with Crippen molar-refractivity contribution in [1.82, 2.24) is 0 Å². The van der Waals surface area contributed by atoms with Crippen LogP contribution in [0.25, 0.3) is 0 Å². The van der Waals surface area contributed by atoms with Crippen LogP contribution >= 0.6 is 0 Å². The Balaban J connectivity index is 1.58. The number of hydrogen-bond donors (Lipinski definition) is 1. The SMILES string of the molecule is CC(=O)OC1CCC2(C)C(=CCC3C2CCC2(C)C3CCC2(O)C(C)OC(C)=O)C1. The summed E-state index contributed by atoms with van der Waals surface area (Å²) in [7, 11) is 0. The van der Waals surface area contributed by atoms with E-state index in [1.54, 1.807) is 0 Å². The van der Waals surface area contributed by atoms with E-state index in [9.17, 15) is 14.7 Å². The molecule has 8 atom stereocenters. The molecule has 0 heterocycles. The molecule has 0 spiro atoms. The molecular formula is C25H38O5. The van der Waals surface area contributed by atoms with Crippen LogP contribution in [-0.2, 0) is 19.1 Å². The predicted molar refractivity (Wildman–Crippen MR) is 113 cm³/mol.